The van der Waals surface area contributed by atoms with Crippen molar-refractivity contribution in [2.24, 2.45) is 11.0 Å². The highest BCUT2D eigenvalue weighted by Gasteiger charge is 2.28. The van der Waals surface area contributed by atoms with E-state index in [-0.39, 0.29) is 10.8 Å². The molecule has 150 valence electrons. The number of aryl methyl sites for hydroxylation is 1. The summed E-state index contributed by atoms with van der Waals surface area (Å²) in [5.41, 5.74) is 4.21. The number of thioether (sulfide) groups is 1. The number of amides is 1. The van der Waals surface area contributed by atoms with Gasteiger partial charge in [-0.3, -0.25) is 4.79 Å². The molecule has 0 fully saturated rings. The third-order valence-electron chi connectivity index (χ3n) is 4.07. The number of hydrogen-bond acceptors (Lipinski definition) is 5. The van der Waals surface area contributed by atoms with Crippen molar-refractivity contribution in [2.45, 2.75) is 36.6 Å². The Kier molecular flexibility index (Phi) is 7.79. The van der Waals surface area contributed by atoms with E-state index in [1.807, 2.05) is 37.4 Å². The zero-order valence-corrected chi connectivity index (χ0v) is 18.0. The number of carbonyl (C=O) groups excluding carboxylic acids is 1. The van der Waals surface area contributed by atoms with Gasteiger partial charge in [0.1, 0.15) is 6.04 Å². The number of carbonyl (C=O) groups is 1. The van der Waals surface area contributed by atoms with E-state index in [1.165, 1.54) is 18.3 Å². The lowest BCUT2D eigenvalue weighted by atomic mass is 10.1. The van der Waals surface area contributed by atoms with Crippen LogP contribution in [0.25, 0.3) is 0 Å². The van der Waals surface area contributed by atoms with Gasteiger partial charge >= 0.3 is 0 Å². The van der Waals surface area contributed by atoms with Crippen LogP contribution in [0, 0.1) is 12.8 Å². The molecule has 2 rings (SSSR count). The monoisotopic (exact) mass is 419 g/mol. The second-order valence-electron chi connectivity index (χ2n) is 6.66. The van der Waals surface area contributed by atoms with Crippen molar-refractivity contribution < 1.29 is 13.2 Å². The second-order valence-corrected chi connectivity index (χ2v) is 9.26. The van der Waals surface area contributed by atoms with Crippen LogP contribution in [0.4, 0.5) is 0 Å². The molecule has 2 aromatic carbocycles. The molecule has 0 saturated heterocycles. The zero-order chi connectivity index (χ0) is 20.7. The number of nitrogens with zero attached hydrogens (tertiary/aromatic N) is 1. The van der Waals surface area contributed by atoms with Crippen LogP contribution in [0.5, 0.6) is 0 Å². The van der Waals surface area contributed by atoms with Gasteiger partial charge in [0.2, 0.25) is 10.0 Å². The smallest absolute Gasteiger partial charge is 0.258 e. The van der Waals surface area contributed by atoms with E-state index < -0.39 is 22.0 Å². The second kappa shape index (κ2) is 9.86. The van der Waals surface area contributed by atoms with Gasteiger partial charge < -0.3 is 0 Å². The van der Waals surface area contributed by atoms with E-state index in [9.17, 15) is 13.2 Å². The van der Waals surface area contributed by atoms with Gasteiger partial charge in [0.25, 0.3) is 5.91 Å². The molecular formula is C20H25N3O3S2. The fraction of sp³-hybridized carbons (Fsp3) is 0.300. The predicted octanol–water partition coefficient (Wildman–Crippen LogP) is 3.17. The summed E-state index contributed by atoms with van der Waals surface area (Å²) in [6.07, 6.45) is 3.51. The Morgan fingerprint density at radius 1 is 1.07 bits per heavy atom. The quantitative estimate of drug-likeness (QED) is 0.391. The molecule has 0 aromatic heterocycles. The average Bonchev–Trinajstić information content (AvgIpc) is 2.66. The topological polar surface area (TPSA) is 87.6 Å². The highest BCUT2D eigenvalue weighted by Crippen LogP contribution is 2.14. The summed E-state index contributed by atoms with van der Waals surface area (Å²) in [7, 11) is -3.82. The molecule has 0 aliphatic carbocycles. The maximum atomic E-state index is 12.6. The van der Waals surface area contributed by atoms with E-state index in [2.05, 4.69) is 15.2 Å². The maximum absolute atomic E-state index is 12.6. The van der Waals surface area contributed by atoms with Crippen molar-refractivity contribution in [2.75, 3.05) is 6.26 Å². The summed E-state index contributed by atoms with van der Waals surface area (Å²) >= 11 is 1.64. The molecule has 1 atom stereocenters. The van der Waals surface area contributed by atoms with Crippen LogP contribution >= 0.6 is 11.8 Å². The van der Waals surface area contributed by atoms with Gasteiger partial charge in [-0.25, -0.2) is 13.8 Å². The van der Waals surface area contributed by atoms with Crippen LogP contribution in [-0.2, 0) is 14.8 Å². The molecule has 6 nitrogen and oxygen atoms in total. The summed E-state index contributed by atoms with van der Waals surface area (Å²) in [6, 6.07) is 13.2. The minimum Gasteiger partial charge on any atom is -0.271 e. The minimum absolute atomic E-state index is 0.119. The molecule has 2 aromatic rings. The Morgan fingerprint density at radius 2 is 1.68 bits per heavy atom. The Bertz CT molecular complexity index is 922. The molecule has 0 bridgehead atoms. The van der Waals surface area contributed by atoms with Gasteiger partial charge in [-0.1, -0.05) is 43.7 Å². The third kappa shape index (κ3) is 6.19. The molecule has 0 aliphatic heterocycles. The largest absolute Gasteiger partial charge is 0.271 e. The number of hydrogen-bond donors (Lipinski definition) is 2. The van der Waals surface area contributed by atoms with Gasteiger partial charge in [-0.05, 0) is 48.9 Å². The van der Waals surface area contributed by atoms with Crippen molar-refractivity contribution in [3.63, 3.8) is 0 Å². The van der Waals surface area contributed by atoms with Crippen LogP contribution in [0.3, 0.4) is 0 Å². The van der Waals surface area contributed by atoms with Crippen LogP contribution < -0.4 is 10.1 Å². The van der Waals surface area contributed by atoms with Crippen molar-refractivity contribution in [3.8, 4) is 0 Å². The highest BCUT2D eigenvalue weighted by molar-refractivity contribution is 7.98. The molecule has 28 heavy (non-hydrogen) atoms. The fourth-order valence-electron chi connectivity index (χ4n) is 2.37. The summed E-state index contributed by atoms with van der Waals surface area (Å²) in [5.74, 6) is -0.765. The molecule has 8 heteroatoms. The van der Waals surface area contributed by atoms with E-state index in [0.717, 1.165) is 16.0 Å². The lowest BCUT2D eigenvalue weighted by Gasteiger charge is -2.20. The number of nitrogens with one attached hydrogen (secondary N) is 2. The molecule has 0 saturated carbocycles. The van der Waals surface area contributed by atoms with Crippen molar-refractivity contribution in [3.05, 3.63) is 59.7 Å². The van der Waals surface area contributed by atoms with Gasteiger partial charge in [-0.2, -0.15) is 9.82 Å². The fourth-order valence-corrected chi connectivity index (χ4v) is 4.13. The summed E-state index contributed by atoms with van der Waals surface area (Å²) in [4.78, 5) is 13.7. The number of hydrazone groups is 1. The maximum Gasteiger partial charge on any atom is 0.258 e. The Labute approximate surface area is 170 Å². The highest BCUT2D eigenvalue weighted by atomic mass is 32.2. The Morgan fingerprint density at radius 3 is 2.21 bits per heavy atom. The van der Waals surface area contributed by atoms with E-state index in [1.54, 1.807) is 37.7 Å². The molecule has 2 N–H and O–H groups in total. The molecular weight excluding hydrogens is 394 g/mol. The van der Waals surface area contributed by atoms with Crippen LogP contribution in [0.2, 0.25) is 0 Å². The molecule has 0 unspecified atom stereocenters. The zero-order valence-electron chi connectivity index (χ0n) is 16.3. The van der Waals surface area contributed by atoms with E-state index >= 15 is 0 Å². The van der Waals surface area contributed by atoms with E-state index in [4.69, 9.17) is 0 Å². The van der Waals surface area contributed by atoms with Crippen LogP contribution in [0.15, 0.2) is 63.4 Å². The first-order valence-electron chi connectivity index (χ1n) is 8.79. The lowest BCUT2D eigenvalue weighted by molar-refractivity contribution is -0.123. The molecule has 1 amide bonds. The standard InChI is InChI=1S/C20H25N3O3S2/c1-14(2)19(23-28(25,26)18-11-5-15(3)6-12-18)20(24)22-21-13-16-7-9-17(27-4)10-8-16/h5-14,19,23H,1-4H3,(H,22,24)/b21-13-/t19-/m0/s1. The Balaban J connectivity index is 2.06. The first kappa shape index (κ1) is 22.1. The predicted molar refractivity (Wildman–Crippen MR) is 114 cm³/mol. The Hall–Kier alpha value is -2.16. The lowest BCUT2D eigenvalue weighted by Crippen LogP contribution is -2.48. The summed E-state index contributed by atoms with van der Waals surface area (Å²) in [6.45, 7) is 5.42. The average molecular weight is 420 g/mol. The summed E-state index contributed by atoms with van der Waals surface area (Å²) < 4.78 is 27.6. The van der Waals surface area contributed by atoms with Crippen LogP contribution in [0.1, 0.15) is 25.0 Å². The van der Waals surface area contributed by atoms with Crippen molar-refractivity contribution in [1.82, 2.24) is 10.1 Å². The third-order valence-corrected chi connectivity index (χ3v) is 6.27. The first-order chi connectivity index (χ1) is 13.2. The molecule has 0 heterocycles. The van der Waals surface area contributed by atoms with E-state index in [0.29, 0.717) is 0 Å². The van der Waals surface area contributed by atoms with Crippen molar-refractivity contribution >= 4 is 33.9 Å². The molecule has 0 spiro atoms. The normalized spacial score (nSPS) is 13.0. The molecule has 0 aliphatic rings. The van der Waals surface area contributed by atoms with Gasteiger partial charge in [-0.15, -0.1) is 11.8 Å². The number of benzene rings is 2. The van der Waals surface area contributed by atoms with Gasteiger partial charge in [0.05, 0.1) is 11.1 Å². The van der Waals surface area contributed by atoms with Gasteiger partial charge in [0.15, 0.2) is 0 Å². The SMILES string of the molecule is CSc1ccc(/C=N\NC(=O)[C@@H](NS(=O)(=O)c2ccc(C)cc2)C(C)C)cc1. The molecule has 0 radical (unpaired) electrons. The number of sulfonamides is 1. The van der Waals surface area contributed by atoms with Crippen molar-refractivity contribution in [1.29, 1.82) is 0 Å². The van der Waals surface area contributed by atoms with Gasteiger partial charge in [0, 0.05) is 4.90 Å². The first-order valence-corrected chi connectivity index (χ1v) is 11.5. The number of rotatable bonds is 8. The summed E-state index contributed by atoms with van der Waals surface area (Å²) in [5, 5.41) is 3.95. The minimum atomic E-state index is -3.82. The van der Waals surface area contributed by atoms with Crippen LogP contribution in [-0.4, -0.2) is 32.8 Å².